The molecule has 0 saturated heterocycles. The Morgan fingerprint density at radius 3 is 2.71 bits per heavy atom. The molecule has 0 radical (unpaired) electrons. The summed E-state index contributed by atoms with van der Waals surface area (Å²) in [5.74, 6) is 0.425. The van der Waals surface area contributed by atoms with E-state index in [1.165, 1.54) is 0 Å². The van der Waals surface area contributed by atoms with Crippen molar-refractivity contribution in [2.24, 2.45) is 0 Å². The summed E-state index contributed by atoms with van der Waals surface area (Å²) in [4.78, 5) is 11.5. The van der Waals surface area contributed by atoms with E-state index in [-0.39, 0.29) is 18.6 Å². The van der Waals surface area contributed by atoms with E-state index >= 15 is 0 Å². The predicted molar refractivity (Wildman–Crippen MR) is 67.1 cm³/mol. The van der Waals surface area contributed by atoms with E-state index in [1.807, 2.05) is 13.8 Å². The average Bonchev–Trinajstić information content (AvgIpc) is 2.29. The first kappa shape index (κ1) is 13.3. The highest BCUT2D eigenvalue weighted by Crippen LogP contribution is 2.23. The van der Waals surface area contributed by atoms with Crippen LogP contribution < -0.4 is 15.8 Å². The number of carbonyl (C=O) groups is 1. The summed E-state index contributed by atoms with van der Waals surface area (Å²) in [6, 6.07) is 5.08. The van der Waals surface area contributed by atoms with Crippen LogP contribution in [0, 0.1) is 0 Å². The van der Waals surface area contributed by atoms with E-state index in [9.17, 15) is 4.79 Å². The molecule has 0 aliphatic rings. The molecule has 1 aromatic carbocycles. The number of amides is 1. The van der Waals surface area contributed by atoms with Gasteiger partial charge in [0.15, 0.2) is 0 Å². The summed E-state index contributed by atoms with van der Waals surface area (Å²) in [7, 11) is 1.56. The number of nitrogen functional groups attached to an aromatic ring is 1. The normalized spacial score (nSPS) is 10.4. The van der Waals surface area contributed by atoms with Crippen molar-refractivity contribution in [3.05, 3.63) is 18.2 Å². The van der Waals surface area contributed by atoms with E-state index in [1.54, 1.807) is 25.3 Å². The van der Waals surface area contributed by atoms with Gasteiger partial charge in [0.05, 0.1) is 24.6 Å². The molecule has 1 amide bonds. The van der Waals surface area contributed by atoms with Gasteiger partial charge >= 0.3 is 0 Å². The second-order valence-corrected chi connectivity index (χ2v) is 3.86. The summed E-state index contributed by atoms with van der Waals surface area (Å²) in [5, 5.41) is 2.67. The van der Waals surface area contributed by atoms with Crippen molar-refractivity contribution in [1.29, 1.82) is 0 Å². The minimum Gasteiger partial charge on any atom is -0.497 e. The topological polar surface area (TPSA) is 73.6 Å². The molecule has 0 atom stereocenters. The molecule has 94 valence electrons. The number of rotatable bonds is 5. The van der Waals surface area contributed by atoms with Gasteiger partial charge in [-0.2, -0.15) is 0 Å². The maximum atomic E-state index is 11.5. The summed E-state index contributed by atoms with van der Waals surface area (Å²) in [6.07, 6.45) is 0.0222. The highest BCUT2D eigenvalue weighted by atomic mass is 16.5. The first-order chi connectivity index (χ1) is 8.02. The SMILES string of the molecule is COc1ccc(NC(=O)COC(C)C)c(N)c1. The molecule has 3 N–H and O–H groups in total. The van der Waals surface area contributed by atoms with Crippen LogP contribution in [-0.2, 0) is 9.53 Å². The Labute approximate surface area is 101 Å². The molecule has 0 aliphatic heterocycles. The number of nitrogens with two attached hydrogens (primary N) is 1. The summed E-state index contributed by atoms with van der Waals surface area (Å²) in [5.41, 5.74) is 6.78. The molecule has 17 heavy (non-hydrogen) atoms. The van der Waals surface area contributed by atoms with Crippen molar-refractivity contribution in [2.45, 2.75) is 20.0 Å². The lowest BCUT2D eigenvalue weighted by molar-refractivity contribution is -0.121. The fraction of sp³-hybridized carbons (Fsp3) is 0.417. The molecular formula is C12H18N2O3. The number of hydrogen-bond donors (Lipinski definition) is 2. The molecule has 0 unspecified atom stereocenters. The molecule has 5 nitrogen and oxygen atoms in total. The largest absolute Gasteiger partial charge is 0.497 e. The van der Waals surface area contributed by atoms with Crippen LogP contribution in [0.15, 0.2) is 18.2 Å². The molecule has 0 heterocycles. The Hall–Kier alpha value is -1.75. The lowest BCUT2D eigenvalue weighted by Crippen LogP contribution is -2.21. The van der Waals surface area contributed by atoms with Crippen molar-refractivity contribution in [1.82, 2.24) is 0 Å². The van der Waals surface area contributed by atoms with Gasteiger partial charge in [-0.3, -0.25) is 4.79 Å². The zero-order valence-corrected chi connectivity index (χ0v) is 10.3. The van der Waals surface area contributed by atoms with Gasteiger partial charge in [0.2, 0.25) is 5.91 Å². The van der Waals surface area contributed by atoms with Crippen molar-refractivity contribution < 1.29 is 14.3 Å². The van der Waals surface area contributed by atoms with E-state index < -0.39 is 0 Å². The summed E-state index contributed by atoms with van der Waals surface area (Å²) in [6.45, 7) is 3.76. The molecule has 0 aromatic heterocycles. The Morgan fingerprint density at radius 1 is 1.47 bits per heavy atom. The van der Waals surface area contributed by atoms with Crippen LogP contribution in [0.1, 0.15) is 13.8 Å². The average molecular weight is 238 g/mol. The van der Waals surface area contributed by atoms with Gasteiger partial charge in [-0.1, -0.05) is 0 Å². The van der Waals surface area contributed by atoms with Gasteiger partial charge in [0, 0.05) is 6.07 Å². The van der Waals surface area contributed by atoms with Crippen molar-refractivity contribution >= 4 is 17.3 Å². The van der Waals surface area contributed by atoms with Crippen LogP contribution in [-0.4, -0.2) is 25.7 Å². The van der Waals surface area contributed by atoms with Crippen molar-refractivity contribution in [3.8, 4) is 5.75 Å². The monoisotopic (exact) mass is 238 g/mol. The van der Waals surface area contributed by atoms with Crippen LogP contribution in [0.5, 0.6) is 5.75 Å². The fourth-order valence-corrected chi connectivity index (χ4v) is 1.21. The van der Waals surface area contributed by atoms with Crippen molar-refractivity contribution in [2.75, 3.05) is 24.8 Å². The molecule has 0 fully saturated rings. The smallest absolute Gasteiger partial charge is 0.250 e. The van der Waals surface area contributed by atoms with Crippen LogP contribution >= 0.6 is 0 Å². The number of nitrogens with one attached hydrogen (secondary N) is 1. The second-order valence-electron chi connectivity index (χ2n) is 3.86. The van der Waals surface area contributed by atoms with Crippen molar-refractivity contribution in [3.63, 3.8) is 0 Å². The summed E-state index contributed by atoms with van der Waals surface area (Å²) >= 11 is 0. The second kappa shape index (κ2) is 6.10. The number of methoxy groups -OCH3 is 1. The van der Waals surface area contributed by atoms with Gasteiger partial charge in [-0.05, 0) is 26.0 Å². The van der Waals surface area contributed by atoms with E-state index in [4.69, 9.17) is 15.2 Å². The molecule has 0 saturated carbocycles. The number of anilines is 2. The standard InChI is InChI=1S/C12H18N2O3/c1-8(2)17-7-12(15)14-11-5-4-9(16-3)6-10(11)13/h4-6,8H,7,13H2,1-3H3,(H,14,15). The Morgan fingerprint density at radius 2 is 2.18 bits per heavy atom. The highest BCUT2D eigenvalue weighted by molar-refractivity contribution is 5.94. The molecule has 5 heteroatoms. The van der Waals surface area contributed by atoms with Gasteiger partial charge < -0.3 is 20.5 Å². The first-order valence-electron chi connectivity index (χ1n) is 5.38. The van der Waals surface area contributed by atoms with Gasteiger partial charge in [-0.25, -0.2) is 0 Å². The minimum atomic E-state index is -0.226. The molecule has 1 aromatic rings. The lowest BCUT2D eigenvalue weighted by atomic mass is 10.2. The highest BCUT2D eigenvalue weighted by Gasteiger charge is 2.07. The number of ether oxygens (including phenoxy) is 2. The van der Waals surface area contributed by atoms with Crippen LogP contribution in [0.2, 0.25) is 0 Å². The lowest BCUT2D eigenvalue weighted by Gasteiger charge is -2.11. The van der Waals surface area contributed by atoms with Gasteiger partial charge in [-0.15, -0.1) is 0 Å². The third kappa shape index (κ3) is 4.32. The Bertz CT molecular complexity index is 391. The minimum absolute atomic E-state index is 0.0170. The molecule has 0 bridgehead atoms. The third-order valence-corrected chi connectivity index (χ3v) is 2.08. The zero-order chi connectivity index (χ0) is 12.8. The third-order valence-electron chi connectivity index (χ3n) is 2.08. The first-order valence-corrected chi connectivity index (χ1v) is 5.38. The maximum absolute atomic E-state index is 11.5. The van der Waals surface area contributed by atoms with E-state index in [0.717, 1.165) is 0 Å². The zero-order valence-electron chi connectivity index (χ0n) is 10.3. The fourth-order valence-electron chi connectivity index (χ4n) is 1.21. The quantitative estimate of drug-likeness (QED) is 0.765. The molecule has 0 aliphatic carbocycles. The van der Waals surface area contributed by atoms with Gasteiger partial charge in [0.25, 0.3) is 0 Å². The van der Waals surface area contributed by atoms with Gasteiger partial charge in [0.1, 0.15) is 12.4 Å². The van der Waals surface area contributed by atoms with Crippen LogP contribution in [0.25, 0.3) is 0 Å². The molecular weight excluding hydrogens is 220 g/mol. The van der Waals surface area contributed by atoms with E-state index in [0.29, 0.717) is 17.1 Å². The summed E-state index contributed by atoms with van der Waals surface area (Å²) < 4.78 is 10.2. The van der Waals surface area contributed by atoms with Crippen LogP contribution in [0.3, 0.4) is 0 Å². The predicted octanol–water partition coefficient (Wildman–Crippen LogP) is 1.64. The Kier molecular flexibility index (Phi) is 4.78. The number of carbonyl (C=O) groups excluding carboxylic acids is 1. The molecule has 1 rings (SSSR count). The number of benzene rings is 1. The molecule has 0 spiro atoms. The Balaban J connectivity index is 2.59. The van der Waals surface area contributed by atoms with E-state index in [2.05, 4.69) is 5.32 Å². The van der Waals surface area contributed by atoms with Crippen LogP contribution in [0.4, 0.5) is 11.4 Å². The maximum Gasteiger partial charge on any atom is 0.250 e. The number of hydrogen-bond acceptors (Lipinski definition) is 4.